The van der Waals surface area contributed by atoms with E-state index in [9.17, 15) is 10.0 Å². The Morgan fingerprint density at radius 2 is 2.24 bits per heavy atom. The molecular weight excluding hydrogens is 318 g/mol. The first kappa shape index (κ1) is 16.1. The summed E-state index contributed by atoms with van der Waals surface area (Å²) in [7, 11) is 0. The summed E-state index contributed by atoms with van der Waals surface area (Å²) in [5, 5.41) is 19.2. The van der Waals surface area contributed by atoms with Gasteiger partial charge in [0.25, 0.3) is 5.91 Å². The molecule has 1 saturated carbocycles. The lowest BCUT2D eigenvalue weighted by Gasteiger charge is -2.27. The first-order valence-electron chi connectivity index (χ1n) is 8.73. The molecular formula is C18H23N5O2. The number of aromatic nitrogens is 4. The molecule has 0 saturated heterocycles. The van der Waals surface area contributed by atoms with E-state index in [2.05, 4.69) is 36.2 Å². The quantitative estimate of drug-likeness (QED) is 0.680. The van der Waals surface area contributed by atoms with Crippen LogP contribution in [0.5, 0.6) is 0 Å². The van der Waals surface area contributed by atoms with Gasteiger partial charge in [-0.15, -0.1) is 0 Å². The first-order valence-corrected chi connectivity index (χ1v) is 8.73. The molecule has 2 aliphatic rings. The molecule has 7 nitrogen and oxygen atoms in total. The molecule has 0 radical (unpaired) electrons. The summed E-state index contributed by atoms with van der Waals surface area (Å²) < 4.78 is 2.40. The number of amides is 1. The van der Waals surface area contributed by atoms with Gasteiger partial charge in [-0.05, 0) is 31.1 Å². The Hall–Kier alpha value is -2.44. The summed E-state index contributed by atoms with van der Waals surface area (Å²) in [4.78, 5) is 17.1. The molecule has 25 heavy (non-hydrogen) atoms. The van der Waals surface area contributed by atoms with Crippen LogP contribution in [0.3, 0.4) is 0 Å². The van der Waals surface area contributed by atoms with Crippen molar-refractivity contribution < 1.29 is 9.52 Å². The van der Waals surface area contributed by atoms with Crippen molar-refractivity contribution in [2.24, 2.45) is 11.3 Å². The van der Waals surface area contributed by atoms with Crippen LogP contribution in [0.1, 0.15) is 61.8 Å². The summed E-state index contributed by atoms with van der Waals surface area (Å²) in [5.74, 6) is 1.36. The normalized spacial score (nSPS) is 22.2. The van der Waals surface area contributed by atoms with Gasteiger partial charge in [-0.2, -0.15) is 9.83 Å². The zero-order valence-electron chi connectivity index (χ0n) is 15.0. The summed E-state index contributed by atoms with van der Waals surface area (Å²) >= 11 is 0. The third-order valence-corrected chi connectivity index (χ3v) is 5.51. The van der Waals surface area contributed by atoms with Crippen molar-refractivity contribution in [3.63, 3.8) is 0 Å². The van der Waals surface area contributed by atoms with Crippen molar-refractivity contribution in [2.45, 2.75) is 52.5 Å². The molecule has 1 fully saturated rings. The van der Waals surface area contributed by atoms with Crippen LogP contribution >= 0.6 is 0 Å². The molecule has 0 unspecified atom stereocenters. The van der Waals surface area contributed by atoms with Crippen LogP contribution in [0, 0.1) is 16.5 Å². The molecule has 2 heterocycles. The van der Waals surface area contributed by atoms with Gasteiger partial charge in [0.15, 0.2) is 11.9 Å². The lowest BCUT2D eigenvalue weighted by molar-refractivity contribution is -0.605. The number of rotatable bonds is 3. The molecule has 2 aliphatic carbocycles. The number of fused-ring (bicyclic) bond motifs is 3. The highest BCUT2D eigenvalue weighted by molar-refractivity contribution is 5.94. The second-order valence-corrected chi connectivity index (χ2v) is 8.27. The SMILES string of the molecule is C[C@@H](NC(=O)c1nn(-c2c[n+]([O-])ccn2)c2c1C[C@@H]1C[C@H]21)C(C)(C)C. The van der Waals surface area contributed by atoms with Gasteiger partial charge in [-0.1, -0.05) is 20.8 Å². The number of carbonyl (C=O) groups excluding carboxylic acids is 1. The van der Waals surface area contributed by atoms with Gasteiger partial charge < -0.3 is 10.5 Å². The van der Waals surface area contributed by atoms with E-state index in [1.54, 1.807) is 4.68 Å². The first-order chi connectivity index (χ1) is 11.8. The van der Waals surface area contributed by atoms with E-state index in [4.69, 9.17) is 0 Å². The molecule has 2 aromatic rings. The van der Waals surface area contributed by atoms with Crippen LogP contribution in [-0.2, 0) is 6.42 Å². The molecule has 7 heteroatoms. The molecule has 2 aromatic heterocycles. The molecule has 3 atom stereocenters. The van der Waals surface area contributed by atoms with E-state index in [0.29, 0.717) is 28.1 Å². The summed E-state index contributed by atoms with van der Waals surface area (Å²) in [6.45, 7) is 8.29. The van der Waals surface area contributed by atoms with Gasteiger partial charge in [0.05, 0.1) is 11.9 Å². The predicted octanol–water partition coefficient (Wildman–Crippen LogP) is 1.72. The Bertz CT molecular complexity index is 852. The molecule has 0 aromatic carbocycles. The van der Waals surface area contributed by atoms with Gasteiger partial charge in [0.2, 0.25) is 12.0 Å². The van der Waals surface area contributed by atoms with E-state index in [1.807, 2.05) is 6.92 Å². The second-order valence-electron chi connectivity index (χ2n) is 8.27. The Kier molecular flexibility index (Phi) is 3.39. The standard InChI is InChI=1S/C18H23N5O2/c1-10(18(2,3)4)20-17(24)15-13-8-11-7-12(11)16(13)23(21-15)14-9-22(25)6-5-19-14/h5-6,9-12H,7-8H2,1-4H3,(H,20,24)/t10-,11+,12+/m1/s1. The van der Waals surface area contributed by atoms with Crippen LogP contribution in [0.2, 0.25) is 0 Å². The van der Waals surface area contributed by atoms with Gasteiger partial charge >= 0.3 is 0 Å². The minimum Gasteiger partial charge on any atom is -0.619 e. The highest BCUT2D eigenvalue weighted by Crippen LogP contribution is 2.57. The van der Waals surface area contributed by atoms with Crippen molar-refractivity contribution >= 4 is 5.91 Å². The molecule has 132 valence electrons. The fourth-order valence-corrected chi connectivity index (χ4v) is 3.43. The van der Waals surface area contributed by atoms with E-state index in [0.717, 1.165) is 24.1 Å². The van der Waals surface area contributed by atoms with Gasteiger partial charge in [-0.25, -0.2) is 9.67 Å². The Balaban J connectivity index is 1.72. The van der Waals surface area contributed by atoms with Crippen LogP contribution < -0.4 is 10.0 Å². The topological polar surface area (TPSA) is 86.8 Å². The van der Waals surface area contributed by atoms with Gasteiger partial charge in [0.1, 0.15) is 0 Å². The van der Waals surface area contributed by atoms with Crippen LogP contribution in [0.15, 0.2) is 18.6 Å². The van der Waals surface area contributed by atoms with Gasteiger partial charge in [0, 0.05) is 17.5 Å². The number of carbonyl (C=O) groups is 1. The van der Waals surface area contributed by atoms with Crippen LogP contribution in [0.4, 0.5) is 0 Å². The number of nitrogens with one attached hydrogen (secondary N) is 1. The molecule has 4 rings (SSSR count). The van der Waals surface area contributed by atoms with Crippen molar-refractivity contribution in [3.8, 4) is 5.82 Å². The lowest BCUT2D eigenvalue weighted by atomic mass is 9.88. The molecule has 1 amide bonds. The zero-order valence-corrected chi connectivity index (χ0v) is 15.0. The highest BCUT2D eigenvalue weighted by atomic mass is 16.5. The van der Waals surface area contributed by atoms with Crippen molar-refractivity contribution in [1.29, 1.82) is 0 Å². The molecule has 1 N–H and O–H groups in total. The molecule has 0 aliphatic heterocycles. The Labute approximate surface area is 146 Å². The van der Waals surface area contributed by atoms with Crippen LogP contribution in [0.25, 0.3) is 5.82 Å². The largest absolute Gasteiger partial charge is 0.619 e. The monoisotopic (exact) mass is 341 g/mol. The summed E-state index contributed by atoms with van der Waals surface area (Å²) in [5.41, 5.74) is 2.51. The fraction of sp³-hybridized carbons (Fsp3) is 0.556. The van der Waals surface area contributed by atoms with E-state index >= 15 is 0 Å². The average Bonchev–Trinajstić information content (AvgIpc) is 3.02. The third-order valence-electron chi connectivity index (χ3n) is 5.51. The Morgan fingerprint density at radius 1 is 1.48 bits per heavy atom. The molecule has 0 bridgehead atoms. The fourth-order valence-electron chi connectivity index (χ4n) is 3.43. The smallest absolute Gasteiger partial charge is 0.272 e. The maximum absolute atomic E-state index is 12.8. The molecule has 0 spiro atoms. The van der Waals surface area contributed by atoms with E-state index in [1.165, 1.54) is 18.6 Å². The number of hydrogen-bond donors (Lipinski definition) is 1. The minimum absolute atomic E-state index is 0.0235. The van der Waals surface area contributed by atoms with Crippen molar-refractivity contribution in [1.82, 2.24) is 20.1 Å². The Morgan fingerprint density at radius 3 is 2.92 bits per heavy atom. The van der Waals surface area contributed by atoms with Crippen LogP contribution in [-0.4, -0.2) is 26.7 Å². The average molecular weight is 341 g/mol. The minimum atomic E-state index is -0.148. The van der Waals surface area contributed by atoms with E-state index < -0.39 is 0 Å². The summed E-state index contributed by atoms with van der Waals surface area (Å²) in [6, 6.07) is 0.0235. The maximum atomic E-state index is 12.8. The second kappa shape index (κ2) is 5.28. The zero-order chi connectivity index (χ0) is 17.9. The summed E-state index contributed by atoms with van der Waals surface area (Å²) in [6.07, 6.45) is 6.20. The van der Waals surface area contributed by atoms with Crippen molar-refractivity contribution in [3.05, 3.63) is 40.7 Å². The predicted molar refractivity (Wildman–Crippen MR) is 91.3 cm³/mol. The lowest BCUT2D eigenvalue weighted by Crippen LogP contribution is -2.41. The third kappa shape index (κ3) is 2.67. The maximum Gasteiger partial charge on any atom is 0.272 e. The van der Waals surface area contributed by atoms with Gasteiger partial charge in [-0.3, -0.25) is 4.79 Å². The number of hydrogen-bond acceptors (Lipinski definition) is 4. The van der Waals surface area contributed by atoms with Crippen molar-refractivity contribution in [2.75, 3.05) is 0 Å². The highest BCUT2D eigenvalue weighted by Gasteiger charge is 2.50. The number of nitrogens with zero attached hydrogens (tertiary/aromatic N) is 4. The van der Waals surface area contributed by atoms with E-state index in [-0.39, 0.29) is 17.4 Å².